The van der Waals surface area contributed by atoms with Crippen LogP contribution in [0.3, 0.4) is 0 Å². The molecule has 0 aliphatic heterocycles. The maximum atomic E-state index is 11.1. The minimum Gasteiger partial charge on any atom is -0.481 e. The topological polar surface area (TPSA) is 37.3 Å². The first-order valence-electron chi connectivity index (χ1n) is 4.41. The summed E-state index contributed by atoms with van der Waals surface area (Å²) in [5, 5.41) is 11.1. The van der Waals surface area contributed by atoms with E-state index in [2.05, 4.69) is 15.9 Å². The minimum absolute atomic E-state index is 0.113. The Morgan fingerprint density at radius 1 is 1.57 bits per heavy atom. The largest absolute Gasteiger partial charge is 0.481 e. The first-order valence-corrected chi connectivity index (χ1v) is 6.08. The summed E-state index contributed by atoms with van der Waals surface area (Å²) in [7, 11) is 0. The lowest BCUT2D eigenvalue weighted by atomic mass is 9.94. The van der Waals surface area contributed by atoms with Gasteiger partial charge in [0, 0.05) is 9.35 Å². The second-order valence-corrected chi connectivity index (χ2v) is 5.36. The highest BCUT2D eigenvalue weighted by atomic mass is 79.9. The average Bonchev–Trinajstić information content (AvgIpc) is 2.35. The van der Waals surface area contributed by atoms with Crippen molar-refractivity contribution in [2.45, 2.75) is 26.7 Å². The molecule has 1 atom stereocenters. The van der Waals surface area contributed by atoms with E-state index in [-0.39, 0.29) is 5.92 Å². The molecule has 1 rings (SSSR count). The van der Waals surface area contributed by atoms with E-state index in [0.29, 0.717) is 0 Å². The van der Waals surface area contributed by atoms with E-state index in [1.54, 1.807) is 0 Å². The molecule has 0 radical (unpaired) electrons. The molecule has 2 nitrogen and oxygen atoms in total. The molecule has 0 fully saturated rings. The van der Waals surface area contributed by atoms with Gasteiger partial charge in [0.25, 0.3) is 0 Å². The van der Waals surface area contributed by atoms with Gasteiger partial charge in [0.05, 0.1) is 5.92 Å². The summed E-state index contributed by atoms with van der Waals surface area (Å²) in [4.78, 5) is 12.0. The maximum Gasteiger partial charge on any atom is 0.312 e. The van der Waals surface area contributed by atoms with Gasteiger partial charge < -0.3 is 5.11 Å². The highest BCUT2D eigenvalue weighted by molar-refractivity contribution is 9.10. The van der Waals surface area contributed by atoms with E-state index in [9.17, 15) is 4.79 Å². The van der Waals surface area contributed by atoms with Crippen molar-refractivity contribution >= 4 is 33.2 Å². The Balaban J connectivity index is 3.12. The van der Waals surface area contributed by atoms with Gasteiger partial charge in [-0.25, -0.2) is 0 Å². The fraction of sp³-hybridized carbons (Fsp3) is 0.500. The fourth-order valence-corrected chi connectivity index (χ4v) is 3.36. The number of rotatable bonds is 3. The molecule has 14 heavy (non-hydrogen) atoms. The molecule has 4 heteroatoms. The Morgan fingerprint density at radius 3 is 2.43 bits per heavy atom. The molecule has 0 spiro atoms. The Labute approximate surface area is 96.1 Å². The molecule has 1 N–H and O–H groups in total. The molecule has 0 aromatic carbocycles. The Hall–Kier alpha value is -0.350. The standard InChI is InChI=1S/C10H13BrO2S/c1-5(2)7(10(12)13)9-8(11)6(3)4-14-9/h4-5,7H,1-3H3,(H,12,13). The van der Waals surface area contributed by atoms with Gasteiger partial charge in [-0.1, -0.05) is 13.8 Å². The van der Waals surface area contributed by atoms with Gasteiger partial charge in [-0.05, 0) is 39.7 Å². The minimum atomic E-state index is -0.748. The molecular formula is C10H13BrO2S. The number of hydrogen-bond donors (Lipinski definition) is 1. The van der Waals surface area contributed by atoms with Crippen LogP contribution in [-0.4, -0.2) is 11.1 Å². The van der Waals surface area contributed by atoms with E-state index in [1.807, 2.05) is 26.2 Å². The lowest BCUT2D eigenvalue weighted by Gasteiger charge is -2.15. The second kappa shape index (κ2) is 4.45. The zero-order chi connectivity index (χ0) is 10.9. The molecule has 1 aromatic rings. The van der Waals surface area contributed by atoms with E-state index < -0.39 is 11.9 Å². The normalized spacial score (nSPS) is 13.2. The van der Waals surface area contributed by atoms with Crippen LogP contribution in [-0.2, 0) is 4.79 Å². The molecule has 1 aromatic heterocycles. The van der Waals surface area contributed by atoms with E-state index >= 15 is 0 Å². The molecule has 0 bridgehead atoms. The zero-order valence-electron chi connectivity index (χ0n) is 8.37. The Kier molecular flexibility index (Phi) is 3.72. The van der Waals surface area contributed by atoms with Gasteiger partial charge in [-0.2, -0.15) is 0 Å². The van der Waals surface area contributed by atoms with E-state index in [1.165, 1.54) is 11.3 Å². The van der Waals surface area contributed by atoms with Crippen molar-refractivity contribution in [3.8, 4) is 0 Å². The number of aliphatic carboxylic acids is 1. The summed E-state index contributed by atoms with van der Waals surface area (Å²) >= 11 is 4.95. The molecule has 1 heterocycles. The van der Waals surface area contributed by atoms with Crippen LogP contribution in [0.4, 0.5) is 0 Å². The molecular weight excluding hydrogens is 264 g/mol. The molecule has 0 saturated carbocycles. The van der Waals surface area contributed by atoms with Crippen LogP contribution in [0.5, 0.6) is 0 Å². The SMILES string of the molecule is Cc1csc(C(C(=O)O)C(C)C)c1Br. The summed E-state index contributed by atoms with van der Waals surface area (Å²) in [5.74, 6) is -1.03. The van der Waals surface area contributed by atoms with Gasteiger partial charge in [0.1, 0.15) is 0 Å². The monoisotopic (exact) mass is 276 g/mol. The van der Waals surface area contributed by atoms with Crippen LogP contribution in [0, 0.1) is 12.8 Å². The van der Waals surface area contributed by atoms with Crippen LogP contribution < -0.4 is 0 Å². The van der Waals surface area contributed by atoms with Crippen LogP contribution >= 0.6 is 27.3 Å². The Morgan fingerprint density at radius 2 is 2.14 bits per heavy atom. The van der Waals surface area contributed by atoms with Crippen molar-refractivity contribution in [1.82, 2.24) is 0 Å². The van der Waals surface area contributed by atoms with E-state index in [0.717, 1.165) is 14.9 Å². The van der Waals surface area contributed by atoms with Crippen molar-refractivity contribution in [1.29, 1.82) is 0 Å². The summed E-state index contributed by atoms with van der Waals surface area (Å²) < 4.78 is 0.948. The molecule has 0 aliphatic rings. The lowest BCUT2D eigenvalue weighted by Crippen LogP contribution is -2.16. The third-order valence-electron chi connectivity index (χ3n) is 2.14. The number of hydrogen-bond acceptors (Lipinski definition) is 2. The van der Waals surface area contributed by atoms with Gasteiger partial charge >= 0.3 is 5.97 Å². The van der Waals surface area contributed by atoms with Gasteiger partial charge in [0.15, 0.2) is 0 Å². The van der Waals surface area contributed by atoms with Crippen LogP contribution in [0.1, 0.15) is 30.2 Å². The van der Waals surface area contributed by atoms with Crippen molar-refractivity contribution in [2.75, 3.05) is 0 Å². The summed E-state index contributed by atoms with van der Waals surface area (Å²) in [6, 6.07) is 0. The number of aryl methyl sites for hydroxylation is 1. The molecule has 1 unspecified atom stereocenters. The number of carbonyl (C=O) groups is 1. The predicted molar refractivity (Wildman–Crippen MR) is 62.0 cm³/mol. The van der Waals surface area contributed by atoms with E-state index in [4.69, 9.17) is 5.11 Å². The van der Waals surface area contributed by atoms with Crippen molar-refractivity contribution < 1.29 is 9.90 Å². The number of halogens is 1. The molecule has 78 valence electrons. The van der Waals surface area contributed by atoms with Crippen LogP contribution in [0.2, 0.25) is 0 Å². The zero-order valence-corrected chi connectivity index (χ0v) is 10.8. The third-order valence-corrected chi connectivity index (χ3v) is 4.64. The average molecular weight is 277 g/mol. The second-order valence-electron chi connectivity index (χ2n) is 3.66. The Bertz CT molecular complexity index is 344. The van der Waals surface area contributed by atoms with Gasteiger partial charge in [-0.3, -0.25) is 4.79 Å². The molecule has 0 aliphatic carbocycles. The summed E-state index contributed by atoms with van der Waals surface area (Å²) in [5.41, 5.74) is 1.11. The lowest BCUT2D eigenvalue weighted by molar-refractivity contribution is -0.139. The predicted octanol–water partition coefficient (Wildman–Crippen LogP) is 3.64. The number of thiophene rings is 1. The van der Waals surface area contributed by atoms with Gasteiger partial charge in [-0.15, -0.1) is 11.3 Å². The quantitative estimate of drug-likeness (QED) is 0.915. The summed E-state index contributed by atoms with van der Waals surface area (Å²) in [6.45, 7) is 5.84. The molecule has 0 amide bonds. The number of carboxylic acids is 1. The van der Waals surface area contributed by atoms with Crippen molar-refractivity contribution in [3.05, 3.63) is 20.3 Å². The molecule has 0 saturated heterocycles. The maximum absolute atomic E-state index is 11.1. The number of carboxylic acid groups (broad SMARTS) is 1. The van der Waals surface area contributed by atoms with Crippen LogP contribution in [0.15, 0.2) is 9.85 Å². The van der Waals surface area contributed by atoms with Gasteiger partial charge in [0.2, 0.25) is 0 Å². The third kappa shape index (κ3) is 2.17. The highest BCUT2D eigenvalue weighted by Crippen LogP contribution is 2.37. The first-order chi connectivity index (χ1) is 6.45. The van der Waals surface area contributed by atoms with Crippen LogP contribution in [0.25, 0.3) is 0 Å². The van der Waals surface area contributed by atoms with Crippen molar-refractivity contribution in [3.63, 3.8) is 0 Å². The smallest absolute Gasteiger partial charge is 0.312 e. The first kappa shape index (κ1) is 11.7. The fourth-order valence-electron chi connectivity index (χ4n) is 1.36. The highest BCUT2D eigenvalue weighted by Gasteiger charge is 2.27. The summed E-state index contributed by atoms with van der Waals surface area (Å²) in [6.07, 6.45) is 0. The van der Waals surface area contributed by atoms with Crippen molar-refractivity contribution in [2.24, 2.45) is 5.92 Å².